The van der Waals surface area contributed by atoms with Crippen molar-refractivity contribution in [3.8, 4) is 11.5 Å². The zero-order chi connectivity index (χ0) is 15.6. The van der Waals surface area contributed by atoms with E-state index in [9.17, 15) is 5.11 Å². The van der Waals surface area contributed by atoms with Crippen LogP contribution in [0.2, 0.25) is 0 Å². The van der Waals surface area contributed by atoms with Crippen LogP contribution in [-0.2, 0) is 0 Å². The van der Waals surface area contributed by atoms with Gasteiger partial charge in [0.05, 0.1) is 0 Å². The van der Waals surface area contributed by atoms with E-state index >= 15 is 0 Å². The van der Waals surface area contributed by atoms with Gasteiger partial charge in [-0.2, -0.15) is 0 Å². The lowest BCUT2D eigenvalue weighted by Gasteiger charge is -2.13. The molecule has 0 fully saturated rings. The molecule has 22 heavy (non-hydrogen) atoms. The number of nitrogens with one attached hydrogen (secondary N) is 1. The molecule has 2 aromatic rings. The van der Waals surface area contributed by atoms with Crippen molar-refractivity contribution in [1.82, 2.24) is 5.32 Å². The van der Waals surface area contributed by atoms with E-state index in [2.05, 4.69) is 5.32 Å². The van der Waals surface area contributed by atoms with Crippen LogP contribution in [0.5, 0.6) is 11.5 Å². The maximum absolute atomic E-state index is 9.85. The van der Waals surface area contributed by atoms with Crippen LogP contribution in [0.25, 0.3) is 0 Å². The molecule has 0 radical (unpaired) electrons. The summed E-state index contributed by atoms with van der Waals surface area (Å²) in [6.45, 7) is 4.02. The van der Waals surface area contributed by atoms with Crippen LogP contribution < -0.4 is 14.8 Å². The van der Waals surface area contributed by atoms with Gasteiger partial charge in [0, 0.05) is 13.1 Å². The van der Waals surface area contributed by atoms with E-state index in [-0.39, 0.29) is 6.61 Å². The van der Waals surface area contributed by atoms with E-state index in [0.717, 1.165) is 11.5 Å². The van der Waals surface area contributed by atoms with E-state index in [4.69, 9.17) is 9.47 Å². The van der Waals surface area contributed by atoms with Crippen molar-refractivity contribution >= 4 is 0 Å². The Morgan fingerprint density at radius 3 is 2.36 bits per heavy atom. The molecule has 2 rings (SSSR count). The fourth-order valence-electron chi connectivity index (χ4n) is 1.91. The summed E-state index contributed by atoms with van der Waals surface area (Å²) in [5, 5.41) is 13.0. The monoisotopic (exact) mass is 301 g/mol. The molecule has 0 spiro atoms. The molecule has 2 N–H and O–H groups in total. The number of rotatable bonds is 9. The summed E-state index contributed by atoms with van der Waals surface area (Å²) < 4.78 is 11.1. The van der Waals surface area contributed by atoms with Crippen LogP contribution in [-0.4, -0.2) is 37.5 Å². The average molecular weight is 301 g/mol. The Bertz CT molecular complexity index is 528. The summed E-state index contributed by atoms with van der Waals surface area (Å²) >= 11 is 0. The molecule has 0 aromatic heterocycles. The lowest BCUT2D eigenvalue weighted by Crippen LogP contribution is -2.33. The van der Waals surface area contributed by atoms with Crippen molar-refractivity contribution in [2.24, 2.45) is 0 Å². The number of aliphatic hydroxyl groups is 1. The van der Waals surface area contributed by atoms with Crippen molar-refractivity contribution in [1.29, 1.82) is 0 Å². The number of aryl methyl sites for hydroxylation is 1. The third-order valence-electron chi connectivity index (χ3n) is 3.13. The topological polar surface area (TPSA) is 50.7 Å². The highest BCUT2D eigenvalue weighted by Crippen LogP contribution is 2.11. The predicted molar refractivity (Wildman–Crippen MR) is 87.5 cm³/mol. The van der Waals surface area contributed by atoms with Crippen LogP contribution in [0.15, 0.2) is 54.6 Å². The summed E-state index contributed by atoms with van der Waals surface area (Å²) in [7, 11) is 0. The van der Waals surface area contributed by atoms with Crippen LogP contribution in [0, 0.1) is 6.92 Å². The van der Waals surface area contributed by atoms with Gasteiger partial charge in [-0.15, -0.1) is 0 Å². The minimum atomic E-state index is -0.543. The Morgan fingerprint density at radius 1 is 0.955 bits per heavy atom. The largest absolute Gasteiger partial charge is 0.492 e. The molecule has 2 aromatic carbocycles. The third kappa shape index (κ3) is 6.16. The van der Waals surface area contributed by atoms with E-state index < -0.39 is 6.10 Å². The highest BCUT2D eigenvalue weighted by Gasteiger charge is 2.04. The fraction of sp³-hybridized carbons (Fsp3) is 0.333. The van der Waals surface area contributed by atoms with Crippen LogP contribution in [0.4, 0.5) is 0 Å². The first-order valence-corrected chi connectivity index (χ1v) is 7.50. The molecule has 0 heterocycles. The van der Waals surface area contributed by atoms with Gasteiger partial charge in [0.1, 0.15) is 30.8 Å². The lowest BCUT2D eigenvalue weighted by atomic mass is 10.2. The Hall–Kier alpha value is -2.04. The zero-order valence-corrected chi connectivity index (χ0v) is 12.9. The van der Waals surface area contributed by atoms with Crippen LogP contribution in [0.1, 0.15) is 5.56 Å². The second-order valence-electron chi connectivity index (χ2n) is 5.14. The smallest absolute Gasteiger partial charge is 0.119 e. The van der Waals surface area contributed by atoms with Crippen molar-refractivity contribution < 1.29 is 14.6 Å². The maximum atomic E-state index is 9.85. The van der Waals surface area contributed by atoms with Gasteiger partial charge in [0.15, 0.2) is 0 Å². The number of ether oxygens (including phenoxy) is 2. The van der Waals surface area contributed by atoms with Crippen molar-refractivity contribution in [3.05, 3.63) is 60.2 Å². The van der Waals surface area contributed by atoms with Gasteiger partial charge >= 0.3 is 0 Å². The second-order valence-corrected chi connectivity index (χ2v) is 5.14. The molecule has 0 aliphatic heterocycles. The van der Waals surface area contributed by atoms with Crippen LogP contribution >= 0.6 is 0 Å². The van der Waals surface area contributed by atoms with Gasteiger partial charge in [0.25, 0.3) is 0 Å². The number of aliphatic hydroxyl groups excluding tert-OH is 1. The van der Waals surface area contributed by atoms with Gasteiger partial charge in [-0.25, -0.2) is 0 Å². The van der Waals surface area contributed by atoms with Gasteiger partial charge in [-0.1, -0.05) is 35.9 Å². The van der Waals surface area contributed by atoms with Crippen molar-refractivity contribution in [2.45, 2.75) is 13.0 Å². The Morgan fingerprint density at radius 2 is 1.64 bits per heavy atom. The van der Waals surface area contributed by atoms with Gasteiger partial charge in [-0.3, -0.25) is 0 Å². The molecule has 0 bridgehead atoms. The molecule has 4 nitrogen and oxygen atoms in total. The average Bonchev–Trinajstić information content (AvgIpc) is 2.55. The molecule has 1 atom stereocenters. The van der Waals surface area contributed by atoms with E-state index in [0.29, 0.717) is 19.7 Å². The first kappa shape index (κ1) is 16.3. The predicted octanol–water partition coefficient (Wildman–Crippen LogP) is 2.40. The number of hydrogen-bond donors (Lipinski definition) is 2. The molecule has 0 saturated heterocycles. The van der Waals surface area contributed by atoms with Gasteiger partial charge in [0.2, 0.25) is 0 Å². The van der Waals surface area contributed by atoms with Crippen molar-refractivity contribution in [2.75, 3.05) is 26.3 Å². The van der Waals surface area contributed by atoms with Gasteiger partial charge < -0.3 is 19.9 Å². The molecule has 118 valence electrons. The minimum Gasteiger partial charge on any atom is -0.492 e. The molecule has 0 amide bonds. The van der Waals surface area contributed by atoms with E-state index in [1.165, 1.54) is 5.56 Å². The highest BCUT2D eigenvalue weighted by atomic mass is 16.5. The Labute approximate surface area is 131 Å². The second kappa shape index (κ2) is 9.07. The minimum absolute atomic E-state index is 0.273. The lowest BCUT2D eigenvalue weighted by molar-refractivity contribution is 0.105. The quantitative estimate of drug-likeness (QED) is 0.698. The van der Waals surface area contributed by atoms with E-state index in [1.807, 2.05) is 61.5 Å². The molecule has 4 heteroatoms. The van der Waals surface area contributed by atoms with Gasteiger partial charge in [-0.05, 0) is 31.2 Å². The SMILES string of the molecule is Cc1ccc(OC[C@@H](O)CNCCOc2ccccc2)cc1. The summed E-state index contributed by atoms with van der Waals surface area (Å²) in [4.78, 5) is 0. The first-order valence-electron chi connectivity index (χ1n) is 7.50. The normalized spacial score (nSPS) is 11.9. The molecule has 0 saturated carbocycles. The first-order chi connectivity index (χ1) is 10.7. The van der Waals surface area contributed by atoms with Crippen LogP contribution in [0.3, 0.4) is 0 Å². The Kier molecular flexibility index (Phi) is 6.74. The number of benzene rings is 2. The van der Waals surface area contributed by atoms with Crippen molar-refractivity contribution in [3.63, 3.8) is 0 Å². The third-order valence-corrected chi connectivity index (χ3v) is 3.13. The number of para-hydroxylation sites is 1. The molecular formula is C18H23NO3. The summed E-state index contributed by atoms with van der Waals surface area (Å²) in [5.74, 6) is 1.63. The molecule has 0 aliphatic carbocycles. The van der Waals surface area contributed by atoms with E-state index in [1.54, 1.807) is 0 Å². The molecule has 0 unspecified atom stereocenters. The summed E-state index contributed by atoms with van der Waals surface area (Å²) in [6.07, 6.45) is -0.543. The Balaban J connectivity index is 1.54. The molecule has 0 aliphatic rings. The highest BCUT2D eigenvalue weighted by molar-refractivity contribution is 5.26. The fourth-order valence-corrected chi connectivity index (χ4v) is 1.91. The zero-order valence-electron chi connectivity index (χ0n) is 12.9. The number of hydrogen-bond acceptors (Lipinski definition) is 4. The standard InChI is InChI=1S/C18H23NO3/c1-15-7-9-18(10-8-15)22-14-16(20)13-19-11-12-21-17-5-3-2-4-6-17/h2-10,16,19-20H,11-14H2,1H3/t16-/m0/s1. The summed E-state index contributed by atoms with van der Waals surface area (Å²) in [5.41, 5.74) is 1.19. The maximum Gasteiger partial charge on any atom is 0.119 e. The summed E-state index contributed by atoms with van der Waals surface area (Å²) in [6, 6.07) is 17.5. The molecular weight excluding hydrogens is 278 g/mol.